The van der Waals surface area contributed by atoms with Crippen molar-refractivity contribution in [2.45, 2.75) is 6.18 Å². The molecule has 0 aliphatic rings. The first-order valence-electron chi connectivity index (χ1n) is 3.54. The van der Waals surface area contributed by atoms with Gasteiger partial charge in [-0.15, -0.1) is 0 Å². The fourth-order valence-electron chi connectivity index (χ4n) is 0.847. The maximum absolute atomic E-state index is 12.2. The number of alkyl halides is 3. The summed E-state index contributed by atoms with van der Waals surface area (Å²) in [6.45, 7) is 0. The van der Waals surface area contributed by atoms with E-state index < -0.39 is 28.4 Å². The number of nitriles is 1. The summed E-state index contributed by atoms with van der Waals surface area (Å²) >= 11 is 5.01. The van der Waals surface area contributed by atoms with Gasteiger partial charge in [0.1, 0.15) is 17.5 Å². The van der Waals surface area contributed by atoms with Crippen molar-refractivity contribution in [3.05, 3.63) is 29.1 Å². The summed E-state index contributed by atoms with van der Waals surface area (Å²) in [6, 6.07) is 2.80. The molecule has 1 rings (SSSR count). The third kappa shape index (κ3) is 2.67. The minimum Gasteiger partial charge on any atom is -0.276 e. The third-order valence-electron chi connectivity index (χ3n) is 1.46. The minimum absolute atomic E-state index is 0.407. The van der Waals surface area contributed by atoms with Crippen LogP contribution in [-0.2, 0) is 6.18 Å². The number of aromatic nitrogens is 1. The van der Waals surface area contributed by atoms with E-state index in [1.807, 2.05) is 0 Å². The Balaban J connectivity index is 3.38. The van der Waals surface area contributed by atoms with E-state index >= 15 is 0 Å². The van der Waals surface area contributed by atoms with Crippen LogP contribution in [0.4, 0.5) is 13.2 Å². The molecule has 0 fully saturated rings. The second kappa shape index (κ2) is 3.87. The predicted octanol–water partition coefficient (Wildman–Crippen LogP) is 2.35. The smallest absolute Gasteiger partial charge is 0.276 e. The molecule has 3 nitrogen and oxygen atoms in total. The van der Waals surface area contributed by atoms with Gasteiger partial charge in [0, 0.05) is 5.56 Å². The average Bonchev–Trinajstić information content (AvgIpc) is 2.15. The molecule has 0 aliphatic heterocycles. The Labute approximate surface area is 87.1 Å². The van der Waals surface area contributed by atoms with Crippen LogP contribution in [0.25, 0.3) is 0 Å². The molecule has 0 bridgehead atoms. The van der Waals surface area contributed by atoms with Crippen LogP contribution in [0.5, 0.6) is 0 Å². The highest BCUT2D eigenvalue weighted by Gasteiger charge is 2.33. The standard InChI is InChI=1S/C8H2ClF3N2O/c9-7(15)4-1-5(3-13)14-6(2-4)8(10,11)12/h1-2H. The van der Waals surface area contributed by atoms with Crippen molar-refractivity contribution in [1.82, 2.24) is 4.98 Å². The number of halogens is 4. The molecule has 7 heteroatoms. The Hall–Kier alpha value is -1.61. The molecular weight excluding hydrogens is 233 g/mol. The lowest BCUT2D eigenvalue weighted by Gasteiger charge is -2.06. The summed E-state index contributed by atoms with van der Waals surface area (Å²) in [4.78, 5) is 13.7. The minimum atomic E-state index is -4.71. The monoisotopic (exact) mass is 234 g/mol. The second-order valence-electron chi connectivity index (χ2n) is 2.51. The number of carbonyl (C=O) groups excluding carboxylic acids is 1. The third-order valence-corrected chi connectivity index (χ3v) is 1.68. The summed E-state index contributed by atoms with van der Waals surface area (Å²) in [5.74, 6) is 0. The van der Waals surface area contributed by atoms with Crippen molar-refractivity contribution < 1.29 is 18.0 Å². The first-order chi connectivity index (χ1) is 6.84. The number of carbonyl (C=O) groups is 1. The molecule has 78 valence electrons. The zero-order chi connectivity index (χ0) is 11.6. The van der Waals surface area contributed by atoms with Gasteiger partial charge in [-0.2, -0.15) is 18.4 Å². The van der Waals surface area contributed by atoms with Crippen LogP contribution in [0, 0.1) is 11.3 Å². The molecule has 0 radical (unpaired) electrons. The van der Waals surface area contributed by atoms with E-state index in [0.717, 1.165) is 6.07 Å². The summed E-state index contributed by atoms with van der Waals surface area (Å²) in [7, 11) is 0. The van der Waals surface area contributed by atoms with Crippen LogP contribution in [0.2, 0.25) is 0 Å². The van der Waals surface area contributed by atoms with Gasteiger partial charge in [-0.25, -0.2) is 4.98 Å². The molecule has 0 atom stereocenters. The largest absolute Gasteiger partial charge is 0.433 e. The molecule has 15 heavy (non-hydrogen) atoms. The van der Waals surface area contributed by atoms with Gasteiger partial charge in [0.05, 0.1) is 0 Å². The number of nitrogens with zero attached hydrogens (tertiary/aromatic N) is 2. The maximum atomic E-state index is 12.2. The number of rotatable bonds is 1. The molecule has 0 saturated carbocycles. The summed E-state index contributed by atoms with van der Waals surface area (Å²) < 4.78 is 36.7. The first kappa shape index (κ1) is 11.5. The molecule has 0 spiro atoms. The molecule has 0 saturated heterocycles. The molecule has 1 aromatic rings. The van der Waals surface area contributed by atoms with E-state index in [1.165, 1.54) is 6.07 Å². The van der Waals surface area contributed by atoms with Crippen molar-refractivity contribution in [2.75, 3.05) is 0 Å². The SMILES string of the molecule is N#Cc1cc(C(=O)Cl)cc(C(F)(F)F)n1. The molecule has 1 heterocycles. The van der Waals surface area contributed by atoms with Crippen LogP contribution in [0.1, 0.15) is 21.7 Å². The molecule has 0 aliphatic carbocycles. The van der Waals surface area contributed by atoms with Crippen LogP contribution in [0.15, 0.2) is 12.1 Å². The van der Waals surface area contributed by atoms with Gasteiger partial charge >= 0.3 is 6.18 Å². The van der Waals surface area contributed by atoms with E-state index in [2.05, 4.69) is 4.98 Å². The van der Waals surface area contributed by atoms with Crippen LogP contribution in [-0.4, -0.2) is 10.2 Å². The Bertz CT molecular complexity index is 450. The molecular formula is C8H2ClF3N2O. The van der Waals surface area contributed by atoms with Crippen molar-refractivity contribution in [3.8, 4) is 6.07 Å². The van der Waals surface area contributed by atoms with E-state index in [9.17, 15) is 18.0 Å². The van der Waals surface area contributed by atoms with E-state index in [4.69, 9.17) is 16.9 Å². The first-order valence-corrected chi connectivity index (χ1v) is 3.91. The molecule has 0 N–H and O–H groups in total. The van der Waals surface area contributed by atoms with E-state index in [0.29, 0.717) is 6.07 Å². The lowest BCUT2D eigenvalue weighted by molar-refractivity contribution is -0.141. The second-order valence-corrected chi connectivity index (χ2v) is 2.85. The quantitative estimate of drug-likeness (QED) is 0.701. The summed E-state index contributed by atoms with van der Waals surface area (Å²) in [5.41, 5.74) is -2.23. The predicted molar refractivity (Wildman–Crippen MR) is 44.1 cm³/mol. The topological polar surface area (TPSA) is 53.8 Å². The van der Waals surface area contributed by atoms with Crippen molar-refractivity contribution in [2.24, 2.45) is 0 Å². The lowest BCUT2D eigenvalue weighted by atomic mass is 10.2. The highest BCUT2D eigenvalue weighted by Crippen LogP contribution is 2.28. The molecule has 0 amide bonds. The molecule has 0 unspecified atom stereocenters. The fourth-order valence-corrected chi connectivity index (χ4v) is 0.956. The Morgan fingerprint density at radius 3 is 2.47 bits per heavy atom. The van der Waals surface area contributed by atoms with Gasteiger partial charge < -0.3 is 0 Å². The van der Waals surface area contributed by atoms with Gasteiger partial charge in [-0.05, 0) is 23.7 Å². The lowest BCUT2D eigenvalue weighted by Crippen LogP contribution is -2.10. The van der Waals surface area contributed by atoms with Crippen LogP contribution < -0.4 is 0 Å². The Morgan fingerprint density at radius 2 is 2.07 bits per heavy atom. The highest BCUT2D eigenvalue weighted by atomic mass is 35.5. The number of hydrogen-bond acceptors (Lipinski definition) is 3. The van der Waals surface area contributed by atoms with Crippen molar-refractivity contribution >= 4 is 16.8 Å². The van der Waals surface area contributed by atoms with Crippen LogP contribution in [0.3, 0.4) is 0 Å². The average molecular weight is 235 g/mol. The van der Waals surface area contributed by atoms with E-state index in [1.54, 1.807) is 0 Å². The van der Waals surface area contributed by atoms with Gasteiger partial charge in [-0.3, -0.25) is 4.79 Å². The van der Waals surface area contributed by atoms with Crippen LogP contribution >= 0.6 is 11.6 Å². The number of pyridine rings is 1. The van der Waals surface area contributed by atoms with Gasteiger partial charge in [0.2, 0.25) is 0 Å². The highest BCUT2D eigenvalue weighted by molar-refractivity contribution is 6.67. The van der Waals surface area contributed by atoms with Gasteiger partial charge in [0.25, 0.3) is 5.24 Å². The fraction of sp³-hybridized carbons (Fsp3) is 0.125. The summed E-state index contributed by atoms with van der Waals surface area (Å²) in [5, 5.41) is 7.33. The zero-order valence-electron chi connectivity index (χ0n) is 6.97. The summed E-state index contributed by atoms with van der Waals surface area (Å²) in [6.07, 6.45) is -4.71. The van der Waals surface area contributed by atoms with Gasteiger partial charge in [0.15, 0.2) is 0 Å². The molecule has 0 aromatic carbocycles. The van der Waals surface area contributed by atoms with E-state index in [-0.39, 0.29) is 0 Å². The van der Waals surface area contributed by atoms with Crippen molar-refractivity contribution in [3.63, 3.8) is 0 Å². The zero-order valence-corrected chi connectivity index (χ0v) is 7.73. The van der Waals surface area contributed by atoms with Gasteiger partial charge in [-0.1, -0.05) is 0 Å². The van der Waals surface area contributed by atoms with Crippen molar-refractivity contribution in [1.29, 1.82) is 5.26 Å². The Morgan fingerprint density at radius 1 is 1.47 bits per heavy atom. The Kier molecular flexibility index (Phi) is 2.95. The molecule has 1 aromatic heterocycles. The normalized spacial score (nSPS) is 10.9. The number of hydrogen-bond donors (Lipinski definition) is 0. The maximum Gasteiger partial charge on any atom is 0.433 e.